The molecule has 0 bridgehead atoms. The smallest absolute Gasteiger partial charge is 0.0620 e. The Morgan fingerprint density at radius 1 is 0.246 bits per heavy atom. The summed E-state index contributed by atoms with van der Waals surface area (Å²) in [4.78, 5) is 3.83. The molecule has 1 aromatic heterocycles. The van der Waals surface area contributed by atoms with Crippen molar-refractivity contribution in [2.75, 3.05) is 14.2 Å². The van der Waals surface area contributed by atoms with Gasteiger partial charge in [-0.05, 0) is 109 Å². The van der Waals surface area contributed by atoms with Crippen molar-refractivity contribution in [3.05, 3.63) is 298 Å². The van der Waals surface area contributed by atoms with Gasteiger partial charge in [0.1, 0.15) is 47.7 Å². The summed E-state index contributed by atoms with van der Waals surface area (Å²) >= 11 is 2.86. The Bertz CT molecular complexity index is 2200. The fourth-order valence-electron chi connectivity index (χ4n) is 7.28. The molecule has 0 aliphatic rings. The quantitative estimate of drug-likeness (QED) is 0.113. The fourth-order valence-corrected chi connectivity index (χ4v) is 15.3. The number of aliphatic hydroxyl groups excluding tert-OH is 2. The molecule has 0 atom stereocenters. The minimum absolute atomic E-state index is 0. The average molecular weight is 1120 g/mol. The van der Waals surface area contributed by atoms with Crippen molar-refractivity contribution in [3.8, 4) is 0 Å². The van der Waals surface area contributed by atoms with E-state index in [-0.39, 0.29) is 22.4 Å². The number of aliphatic hydroxyl groups is 2. The van der Waals surface area contributed by atoms with E-state index >= 15 is 0 Å². The van der Waals surface area contributed by atoms with Crippen LogP contribution in [0.2, 0.25) is 0 Å². The maximum Gasteiger partial charge on any atom is 0.102 e. The zero-order chi connectivity index (χ0) is 47.9. The van der Waals surface area contributed by atoms with E-state index in [1.165, 1.54) is 47.7 Å². The van der Waals surface area contributed by atoms with Gasteiger partial charge in [0, 0.05) is 14.2 Å². The SMILES string of the molecule is CO.CO.[Ag+].[Se-]c1ccncc1.c1ccc([PH+](c2ccccc2)c2ccccc2)cc1.c1ccc([PH+](c2ccccc2)c2ccccc2)cc1.c1ccc([PH+](c2ccccc2)c2ccccc2)cc1. The van der Waals surface area contributed by atoms with Crippen molar-refractivity contribution in [2.45, 2.75) is 0 Å². The summed E-state index contributed by atoms with van der Waals surface area (Å²) in [6, 6.07) is 101. The number of hydrogen-bond acceptors (Lipinski definition) is 3. The van der Waals surface area contributed by atoms with Crippen LogP contribution in [-0.2, 0) is 22.4 Å². The molecule has 10 rings (SSSR count). The van der Waals surface area contributed by atoms with Crippen LogP contribution in [0.1, 0.15) is 0 Å². The molecule has 0 unspecified atom stereocenters. The third-order valence-electron chi connectivity index (χ3n) is 10.2. The standard InChI is InChI=1S/3C18H15P.C5H5NSe.2CH4O.Ag/c3*1-4-10-16(11-5-1)19(17-12-6-2-7-13-17)18-14-8-3-9-15-18;7-5-1-3-6-4-2-5;2*1-2;/h3*1-15H;1-4H,(H,6,7);2*2H,1H3;/q;;;;;;+1/p+2. The fraction of sp³-hybridized carbons (Fsp3) is 0.0328. The van der Waals surface area contributed by atoms with Crippen LogP contribution in [0.4, 0.5) is 0 Å². The van der Waals surface area contributed by atoms with Gasteiger partial charge in [0.2, 0.25) is 0 Å². The second kappa shape index (κ2) is 34.0. The molecule has 0 spiro atoms. The van der Waals surface area contributed by atoms with Crippen molar-refractivity contribution in [1.82, 2.24) is 4.98 Å². The second-order valence-electron chi connectivity index (χ2n) is 14.6. The zero-order valence-corrected chi connectivity index (χ0v) is 45.0. The number of rotatable bonds is 9. The van der Waals surface area contributed by atoms with Gasteiger partial charge in [-0.25, -0.2) is 0 Å². The number of hydrogen-bond donors (Lipinski definition) is 2. The Hall–Kier alpha value is -5.40. The molecule has 0 saturated heterocycles. The topological polar surface area (TPSA) is 53.4 Å². The monoisotopic (exact) mass is 1120 g/mol. The van der Waals surface area contributed by atoms with Gasteiger partial charge in [0.25, 0.3) is 0 Å². The first kappa shape index (κ1) is 56.2. The van der Waals surface area contributed by atoms with Crippen LogP contribution in [0.15, 0.2) is 298 Å². The largest absolute Gasteiger partial charge is 0.102 e. The van der Waals surface area contributed by atoms with E-state index in [9.17, 15) is 0 Å². The van der Waals surface area contributed by atoms with Gasteiger partial charge < -0.3 is 10.2 Å². The molecule has 0 amide bonds. The van der Waals surface area contributed by atoms with Gasteiger partial charge in [-0.15, -0.1) is 0 Å². The van der Waals surface area contributed by atoms with Gasteiger partial charge in [-0.1, -0.05) is 164 Å². The van der Waals surface area contributed by atoms with Gasteiger partial charge in [0.15, 0.2) is 0 Å². The molecule has 350 valence electrons. The molecular formula is C61H60AgNO2P3Se+3. The molecule has 0 aliphatic heterocycles. The Morgan fingerprint density at radius 2 is 0.377 bits per heavy atom. The van der Waals surface area contributed by atoms with Crippen LogP contribution in [0.5, 0.6) is 0 Å². The van der Waals surface area contributed by atoms with E-state index in [2.05, 4.69) is 294 Å². The van der Waals surface area contributed by atoms with Gasteiger partial charge >= 0.3 is 72.4 Å². The first-order chi connectivity index (χ1) is 33.7. The summed E-state index contributed by atoms with van der Waals surface area (Å²) in [5, 5.41) is 26.9. The molecular weight excluding hydrogens is 1060 g/mol. The van der Waals surface area contributed by atoms with Crippen LogP contribution >= 0.6 is 23.8 Å². The van der Waals surface area contributed by atoms with Crippen molar-refractivity contribution >= 4 is 92.0 Å². The molecule has 8 heteroatoms. The minimum atomic E-state index is -0.877. The molecule has 10 aromatic rings. The first-order valence-corrected chi connectivity index (χ1v) is 27.7. The average Bonchev–Trinajstić information content (AvgIpc) is 3.44. The van der Waals surface area contributed by atoms with Crippen molar-refractivity contribution < 1.29 is 32.6 Å². The van der Waals surface area contributed by atoms with E-state index in [1.807, 2.05) is 12.1 Å². The normalized spacial score (nSPS) is 9.78. The van der Waals surface area contributed by atoms with Gasteiger partial charge in [-0.3, -0.25) is 0 Å². The van der Waals surface area contributed by atoms with Crippen molar-refractivity contribution in [3.63, 3.8) is 0 Å². The van der Waals surface area contributed by atoms with E-state index in [0.717, 1.165) is 18.7 Å². The Morgan fingerprint density at radius 3 is 0.478 bits per heavy atom. The molecule has 3 nitrogen and oxygen atoms in total. The maximum absolute atomic E-state index is 7.00. The zero-order valence-electron chi connectivity index (χ0n) is 38.8. The molecule has 1 heterocycles. The summed E-state index contributed by atoms with van der Waals surface area (Å²) in [6.45, 7) is 0. The predicted molar refractivity (Wildman–Crippen MR) is 306 cm³/mol. The predicted octanol–water partition coefficient (Wildman–Crippen LogP) is 8.62. The molecule has 0 fully saturated rings. The van der Waals surface area contributed by atoms with Crippen LogP contribution in [0, 0.1) is 0 Å². The van der Waals surface area contributed by atoms with Gasteiger partial charge in [0.05, 0.1) is 23.8 Å². The number of nitrogens with zero attached hydrogens (tertiary/aromatic N) is 1. The third kappa shape index (κ3) is 18.8. The van der Waals surface area contributed by atoms with E-state index in [0.29, 0.717) is 0 Å². The number of benzene rings is 9. The van der Waals surface area contributed by atoms with Crippen LogP contribution < -0.4 is 52.2 Å². The molecule has 0 aliphatic carbocycles. The summed E-state index contributed by atoms with van der Waals surface area (Å²) in [5.41, 5.74) is 0. The van der Waals surface area contributed by atoms with E-state index in [1.54, 1.807) is 12.4 Å². The van der Waals surface area contributed by atoms with Crippen LogP contribution in [-0.4, -0.2) is 45.4 Å². The summed E-state index contributed by atoms with van der Waals surface area (Å²) < 4.78 is 1.13. The maximum atomic E-state index is 7.00. The number of pyridine rings is 1. The Labute approximate surface area is 438 Å². The third-order valence-corrected chi connectivity index (χ3v) is 19.0. The summed E-state index contributed by atoms with van der Waals surface area (Å²) in [5.74, 6) is 0. The minimum Gasteiger partial charge on any atom is -0.0620 e. The Kier molecular flexibility index (Phi) is 27.7. The van der Waals surface area contributed by atoms with Gasteiger partial charge in [-0.2, -0.15) is 0 Å². The van der Waals surface area contributed by atoms with Crippen LogP contribution in [0.3, 0.4) is 0 Å². The van der Waals surface area contributed by atoms with E-state index < -0.39 is 23.8 Å². The Balaban J connectivity index is 0.000000202. The van der Waals surface area contributed by atoms with Crippen molar-refractivity contribution in [2.24, 2.45) is 0 Å². The molecule has 69 heavy (non-hydrogen) atoms. The molecule has 9 aromatic carbocycles. The molecule has 0 radical (unpaired) electrons. The number of aromatic nitrogens is 1. The first-order valence-electron chi connectivity index (χ1n) is 22.3. The van der Waals surface area contributed by atoms with Crippen LogP contribution in [0.25, 0.3) is 0 Å². The van der Waals surface area contributed by atoms with Crippen molar-refractivity contribution in [1.29, 1.82) is 0 Å². The molecule has 2 N–H and O–H groups in total. The second-order valence-corrected chi connectivity index (χ2v) is 23.0. The summed E-state index contributed by atoms with van der Waals surface area (Å²) in [7, 11) is -0.632. The van der Waals surface area contributed by atoms with E-state index in [4.69, 9.17) is 10.2 Å². The molecule has 0 saturated carbocycles. The summed E-state index contributed by atoms with van der Waals surface area (Å²) in [6.07, 6.45) is 3.51.